The van der Waals surface area contributed by atoms with Gasteiger partial charge in [0.2, 0.25) is 0 Å². The lowest BCUT2D eigenvalue weighted by Gasteiger charge is -2.33. The van der Waals surface area contributed by atoms with E-state index in [-0.39, 0.29) is 0 Å². The third kappa shape index (κ3) is 2.31. The van der Waals surface area contributed by atoms with E-state index in [9.17, 15) is 0 Å². The van der Waals surface area contributed by atoms with Crippen molar-refractivity contribution in [1.82, 2.24) is 4.90 Å². The molecule has 14 heavy (non-hydrogen) atoms. The van der Waals surface area contributed by atoms with Gasteiger partial charge in [-0.25, -0.2) is 0 Å². The van der Waals surface area contributed by atoms with Crippen LogP contribution in [0.15, 0.2) is 0 Å². The minimum absolute atomic E-state index is 0.968. The number of likely N-dealkylation sites (tertiary alicyclic amines) is 1. The smallest absolute Gasteiger partial charge is 0.0124 e. The molecule has 0 N–H and O–H groups in total. The van der Waals surface area contributed by atoms with Gasteiger partial charge in [0.1, 0.15) is 0 Å². The number of rotatable bonds is 3. The first kappa shape index (κ1) is 10.5. The minimum Gasteiger partial charge on any atom is -0.300 e. The highest BCUT2D eigenvalue weighted by molar-refractivity contribution is 4.86. The summed E-state index contributed by atoms with van der Waals surface area (Å²) in [5.41, 5.74) is 0. The highest BCUT2D eigenvalue weighted by Gasteiger charge is 2.31. The molecule has 1 saturated carbocycles. The maximum atomic E-state index is 2.77. The Balaban J connectivity index is 1.87. The van der Waals surface area contributed by atoms with Gasteiger partial charge in [0.15, 0.2) is 0 Å². The Kier molecular flexibility index (Phi) is 3.86. The van der Waals surface area contributed by atoms with E-state index in [2.05, 4.69) is 11.8 Å². The third-order valence-corrected chi connectivity index (χ3v) is 4.12. The van der Waals surface area contributed by atoms with E-state index in [4.69, 9.17) is 0 Å². The van der Waals surface area contributed by atoms with Gasteiger partial charge >= 0.3 is 0 Å². The van der Waals surface area contributed by atoms with Crippen molar-refractivity contribution in [3.05, 3.63) is 0 Å². The summed E-state index contributed by atoms with van der Waals surface area (Å²) in [7, 11) is 0. The van der Waals surface area contributed by atoms with Gasteiger partial charge in [-0.2, -0.15) is 0 Å². The Morgan fingerprint density at radius 3 is 2.50 bits per heavy atom. The molecule has 1 saturated heterocycles. The summed E-state index contributed by atoms with van der Waals surface area (Å²) in [6.07, 6.45) is 11.8. The molecule has 1 heteroatoms. The van der Waals surface area contributed by atoms with E-state index in [1.807, 2.05) is 0 Å². The summed E-state index contributed by atoms with van der Waals surface area (Å²) in [5.74, 6) is 1.05. The van der Waals surface area contributed by atoms with Crippen LogP contribution in [0.1, 0.15) is 58.3 Å². The van der Waals surface area contributed by atoms with Gasteiger partial charge in [0.05, 0.1) is 0 Å². The molecule has 2 aliphatic rings. The Labute approximate surface area is 88.9 Å². The number of nitrogens with zero attached hydrogens (tertiary/aromatic N) is 1. The second-order valence-electron chi connectivity index (χ2n) is 5.14. The number of hydrogen-bond acceptors (Lipinski definition) is 1. The Morgan fingerprint density at radius 1 is 1.00 bits per heavy atom. The largest absolute Gasteiger partial charge is 0.300 e. The third-order valence-electron chi connectivity index (χ3n) is 4.12. The van der Waals surface area contributed by atoms with Crippen LogP contribution in [0.25, 0.3) is 0 Å². The maximum absolute atomic E-state index is 2.77. The first-order valence-electron chi connectivity index (χ1n) is 6.66. The van der Waals surface area contributed by atoms with Gasteiger partial charge in [-0.05, 0) is 51.1 Å². The molecule has 1 unspecified atom stereocenters. The molecule has 0 aromatic rings. The zero-order valence-electron chi connectivity index (χ0n) is 9.67. The van der Waals surface area contributed by atoms with E-state index in [0.29, 0.717) is 0 Å². The lowest BCUT2D eigenvalue weighted by atomic mass is 9.83. The molecule has 82 valence electrons. The second-order valence-corrected chi connectivity index (χ2v) is 5.14. The zero-order chi connectivity index (χ0) is 9.80. The van der Waals surface area contributed by atoms with Crippen LogP contribution in [0, 0.1) is 5.92 Å². The van der Waals surface area contributed by atoms with Gasteiger partial charge in [-0.15, -0.1) is 0 Å². The van der Waals surface area contributed by atoms with E-state index < -0.39 is 0 Å². The SMILES string of the molecule is CCCN1CCCC1C1CCCCC1. The monoisotopic (exact) mass is 195 g/mol. The lowest BCUT2D eigenvalue weighted by molar-refractivity contribution is 0.157. The van der Waals surface area contributed by atoms with Crippen LogP contribution in [0.4, 0.5) is 0 Å². The lowest BCUT2D eigenvalue weighted by Crippen LogP contribution is -2.37. The molecular weight excluding hydrogens is 170 g/mol. The Bertz CT molecular complexity index is 161. The van der Waals surface area contributed by atoms with Crippen molar-refractivity contribution in [3.8, 4) is 0 Å². The maximum Gasteiger partial charge on any atom is 0.0124 e. The summed E-state index contributed by atoms with van der Waals surface area (Å²) < 4.78 is 0. The summed E-state index contributed by atoms with van der Waals surface area (Å²) in [5, 5.41) is 0. The first-order valence-corrected chi connectivity index (χ1v) is 6.66. The van der Waals surface area contributed by atoms with Crippen LogP contribution in [0.5, 0.6) is 0 Å². The van der Waals surface area contributed by atoms with Gasteiger partial charge in [-0.1, -0.05) is 26.2 Å². The van der Waals surface area contributed by atoms with Gasteiger partial charge in [0, 0.05) is 6.04 Å². The molecule has 0 radical (unpaired) electrons. The second kappa shape index (κ2) is 5.16. The molecule has 0 amide bonds. The van der Waals surface area contributed by atoms with Crippen LogP contribution in [0.2, 0.25) is 0 Å². The fraction of sp³-hybridized carbons (Fsp3) is 1.00. The molecule has 2 rings (SSSR count). The molecule has 1 nitrogen and oxygen atoms in total. The summed E-state index contributed by atoms with van der Waals surface area (Å²) in [6.45, 7) is 5.05. The molecule has 0 aromatic carbocycles. The van der Waals surface area contributed by atoms with Crippen LogP contribution >= 0.6 is 0 Å². The van der Waals surface area contributed by atoms with Crippen molar-refractivity contribution < 1.29 is 0 Å². The minimum atomic E-state index is 0.968. The van der Waals surface area contributed by atoms with Crippen LogP contribution in [-0.2, 0) is 0 Å². The quantitative estimate of drug-likeness (QED) is 0.667. The van der Waals surface area contributed by atoms with E-state index in [1.165, 1.54) is 64.5 Å². The standard InChI is InChI=1S/C13H25N/c1-2-10-14-11-6-9-13(14)12-7-4-3-5-8-12/h12-13H,2-11H2,1H3. The van der Waals surface area contributed by atoms with Crippen molar-refractivity contribution in [1.29, 1.82) is 0 Å². The average molecular weight is 195 g/mol. The Hall–Kier alpha value is -0.0400. The first-order chi connectivity index (χ1) is 6.92. The van der Waals surface area contributed by atoms with Crippen LogP contribution < -0.4 is 0 Å². The Morgan fingerprint density at radius 2 is 1.79 bits per heavy atom. The fourth-order valence-electron chi connectivity index (χ4n) is 3.47. The van der Waals surface area contributed by atoms with Gasteiger partial charge in [-0.3, -0.25) is 0 Å². The molecule has 1 aliphatic heterocycles. The summed E-state index contributed by atoms with van der Waals surface area (Å²) >= 11 is 0. The summed E-state index contributed by atoms with van der Waals surface area (Å²) in [4.78, 5) is 2.77. The van der Waals surface area contributed by atoms with Crippen molar-refractivity contribution in [2.45, 2.75) is 64.3 Å². The molecule has 1 aliphatic carbocycles. The van der Waals surface area contributed by atoms with Crippen molar-refractivity contribution >= 4 is 0 Å². The predicted molar refractivity (Wildman–Crippen MR) is 61.5 cm³/mol. The molecule has 1 atom stereocenters. The van der Waals surface area contributed by atoms with Crippen molar-refractivity contribution in [2.24, 2.45) is 5.92 Å². The van der Waals surface area contributed by atoms with E-state index in [0.717, 1.165) is 12.0 Å². The summed E-state index contributed by atoms with van der Waals surface area (Å²) in [6, 6.07) is 0.968. The highest BCUT2D eigenvalue weighted by atomic mass is 15.2. The molecule has 0 aromatic heterocycles. The molecule has 0 bridgehead atoms. The number of hydrogen-bond donors (Lipinski definition) is 0. The van der Waals surface area contributed by atoms with Crippen LogP contribution in [0.3, 0.4) is 0 Å². The van der Waals surface area contributed by atoms with Crippen molar-refractivity contribution in [3.63, 3.8) is 0 Å². The van der Waals surface area contributed by atoms with Crippen molar-refractivity contribution in [2.75, 3.05) is 13.1 Å². The molecule has 1 heterocycles. The molecular formula is C13H25N. The molecule has 0 spiro atoms. The van der Waals surface area contributed by atoms with E-state index >= 15 is 0 Å². The average Bonchev–Trinajstić information content (AvgIpc) is 2.68. The van der Waals surface area contributed by atoms with E-state index in [1.54, 1.807) is 0 Å². The zero-order valence-corrected chi connectivity index (χ0v) is 9.67. The molecule has 2 fully saturated rings. The van der Waals surface area contributed by atoms with Crippen LogP contribution in [-0.4, -0.2) is 24.0 Å². The fourth-order valence-corrected chi connectivity index (χ4v) is 3.47. The predicted octanol–water partition coefficient (Wildman–Crippen LogP) is 3.44. The van der Waals surface area contributed by atoms with Gasteiger partial charge in [0.25, 0.3) is 0 Å². The van der Waals surface area contributed by atoms with Gasteiger partial charge < -0.3 is 4.90 Å². The topological polar surface area (TPSA) is 3.24 Å². The normalized spacial score (nSPS) is 31.1. The highest BCUT2D eigenvalue weighted by Crippen LogP contribution is 2.34.